The van der Waals surface area contributed by atoms with Crippen LogP contribution in [0.4, 0.5) is 17.3 Å². The molecule has 3 rings (SSSR count). The van der Waals surface area contributed by atoms with Gasteiger partial charge in [0.25, 0.3) is 5.91 Å². The normalized spacial score (nSPS) is 10.8. The van der Waals surface area contributed by atoms with Gasteiger partial charge in [0.2, 0.25) is 5.95 Å². The van der Waals surface area contributed by atoms with Crippen LogP contribution in [0.3, 0.4) is 0 Å². The van der Waals surface area contributed by atoms with Crippen molar-refractivity contribution in [3.05, 3.63) is 72.1 Å². The van der Waals surface area contributed by atoms with Gasteiger partial charge in [0, 0.05) is 11.9 Å². The molecule has 0 spiro atoms. The van der Waals surface area contributed by atoms with Crippen molar-refractivity contribution in [3.63, 3.8) is 0 Å². The fourth-order valence-electron chi connectivity index (χ4n) is 2.89. The van der Waals surface area contributed by atoms with Gasteiger partial charge in [-0.2, -0.15) is 0 Å². The van der Waals surface area contributed by atoms with Gasteiger partial charge < -0.3 is 15.4 Å². The zero-order valence-electron chi connectivity index (χ0n) is 17.1. The first kappa shape index (κ1) is 20.3. The number of anilines is 3. The number of aromatic nitrogens is 2. The van der Waals surface area contributed by atoms with Gasteiger partial charge in [0.05, 0.1) is 11.8 Å². The van der Waals surface area contributed by atoms with Gasteiger partial charge >= 0.3 is 0 Å². The maximum Gasteiger partial charge on any atom is 0.274 e. The van der Waals surface area contributed by atoms with Gasteiger partial charge in [-0.15, -0.1) is 0 Å². The molecule has 0 radical (unpaired) electrons. The quantitative estimate of drug-likeness (QED) is 0.566. The number of carbonyl (C=O) groups is 1. The van der Waals surface area contributed by atoms with Crippen molar-refractivity contribution in [2.75, 3.05) is 10.6 Å². The van der Waals surface area contributed by atoms with Crippen molar-refractivity contribution in [3.8, 4) is 5.75 Å². The Morgan fingerprint density at radius 3 is 2.34 bits per heavy atom. The van der Waals surface area contributed by atoms with Crippen LogP contribution in [0, 0.1) is 0 Å². The third kappa shape index (κ3) is 5.31. The lowest BCUT2D eigenvalue weighted by Crippen LogP contribution is -2.16. The lowest BCUT2D eigenvalue weighted by molar-refractivity contribution is 0.102. The minimum absolute atomic E-state index is 0.00364. The second-order valence-electron chi connectivity index (χ2n) is 7.25. The largest absolute Gasteiger partial charge is 0.489 e. The van der Waals surface area contributed by atoms with Crippen molar-refractivity contribution in [2.45, 2.75) is 39.7 Å². The molecule has 6 heteroatoms. The van der Waals surface area contributed by atoms with Crippen LogP contribution in [0.2, 0.25) is 0 Å². The van der Waals surface area contributed by atoms with E-state index in [1.807, 2.05) is 50.2 Å². The summed E-state index contributed by atoms with van der Waals surface area (Å²) in [7, 11) is 0. The second-order valence-corrected chi connectivity index (χ2v) is 7.25. The van der Waals surface area contributed by atoms with Crippen LogP contribution in [0.15, 0.2) is 60.8 Å². The molecule has 2 aromatic carbocycles. The molecule has 6 nitrogen and oxygen atoms in total. The zero-order valence-corrected chi connectivity index (χ0v) is 17.1. The first-order chi connectivity index (χ1) is 13.9. The number of carbonyl (C=O) groups excluding carboxylic acids is 1. The van der Waals surface area contributed by atoms with E-state index >= 15 is 0 Å². The molecule has 150 valence electrons. The SMILES string of the molecule is CC(C)Oc1ccccc1NC(=O)c1ccnc(Nc2ccccc2C(C)C)n1. The average molecular weight is 390 g/mol. The van der Waals surface area contributed by atoms with E-state index < -0.39 is 0 Å². The molecule has 0 atom stereocenters. The number of hydrogen-bond donors (Lipinski definition) is 2. The van der Waals surface area contributed by atoms with Crippen LogP contribution in [-0.2, 0) is 0 Å². The van der Waals surface area contributed by atoms with E-state index in [1.165, 1.54) is 0 Å². The first-order valence-corrected chi connectivity index (χ1v) is 9.70. The van der Waals surface area contributed by atoms with Crippen molar-refractivity contribution in [1.82, 2.24) is 9.97 Å². The zero-order chi connectivity index (χ0) is 20.8. The Hall–Kier alpha value is -3.41. The van der Waals surface area contributed by atoms with E-state index in [4.69, 9.17) is 4.74 Å². The van der Waals surface area contributed by atoms with Crippen molar-refractivity contribution >= 4 is 23.2 Å². The van der Waals surface area contributed by atoms with Gasteiger partial charge in [0.1, 0.15) is 11.4 Å². The number of hydrogen-bond acceptors (Lipinski definition) is 5. The topological polar surface area (TPSA) is 76.1 Å². The molecular formula is C23H26N4O2. The van der Waals surface area contributed by atoms with Crippen LogP contribution < -0.4 is 15.4 Å². The van der Waals surface area contributed by atoms with E-state index in [0.717, 1.165) is 11.3 Å². The number of nitrogens with one attached hydrogen (secondary N) is 2. The van der Waals surface area contributed by atoms with Gasteiger partial charge in [0.15, 0.2) is 0 Å². The predicted molar refractivity (Wildman–Crippen MR) is 116 cm³/mol. The van der Waals surface area contributed by atoms with Gasteiger partial charge in [-0.1, -0.05) is 44.2 Å². The molecule has 0 fully saturated rings. The van der Waals surface area contributed by atoms with Crippen LogP contribution in [-0.4, -0.2) is 22.0 Å². The van der Waals surface area contributed by atoms with Crippen LogP contribution in [0.25, 0.3) is 0 Å². The summed E-state index contributed by atoms with van der Waals surface area (Å²) in [5, 5.41) is 6.09. The summed E-state index contributed by atoms with van der Waals surface area (Å²) in [6, 6.07) is 16.9. The van der Waals surface area contributed by atoms with E-state index in [1.54, 1.807) is 18.3 Å². The Balaban J connectivity index is 1.79. The fourth-order valence-corrected chi connectivity index (χ4v) is 2.89. The highest BCUT2D eigenvalue weighted by Crippen LogP contribution is 2.27. The Labute approximate surface area is 171 Å². The maximum absolute atomic E-state index is 12.7. The van der Waals surface area contributed by atoms with Crippen LogP contribution in [0.1, 0.15) is 49.7 Å². The summed E-state index contributed by atoms with van der Waals surface area (Å²) in [4.78, 5) is 21.4. The molecule has 29 heavy (non-hydrogen) atoms. The van der Waals surface area contributed by atoms with Crippen molar-refractivity contribution in [2.24, 2.45) is 0 Å². The Kier molecular flexibility index (Phi) is 6.44. The smallest absolute Gasteiger partial charge is 0.274 e. The molecule has 1 aromatic heterocycles. The Morgan fingerprint density at radius 1 is 0.931 bits per heavy atom. The second kappa shape index (κ2) is 9.19. The number of ether oxygens (including phenoxy) is 1. The molecule has 2 N–H and O–H groups in total. The molecule has 0 saturated carbocycles. The first-order valence-electron chi connectivity index (χ1n) is 9.70. The molecule has 0 saturated heterocycles. The standard InChI is InChI=1S/C23H26N4O2/c1-15(2)17-9-5-6-10-18(17)26-23-24-14-13-20(27-23)22(28)25-19-11-7-8-12-21(19)29-16(3)4/h5-16H,1-4H3,(H,25,28)(H,24,26,27). The fraction of sp³-hybridized carbons (Fsp3) is 0.261. The minimum Gasteiger partial charge on any atom is -0.489 e. The summed E-state index contributed by atoms with van der Waals surface area (Å²) < 4.78 is 5.76. The lowest BCUT2D eigenvalue weighted by atomic mass is 10.0. The molecule has 0 aliphatic rings. The van der Waals surface area contributed by atoms with E-state index in [2.05, 4.69) is 40.5 Å². The summed E-state index contributed by atoms with van der Waals surface area (Å²) in [6.45, 7) is 8.13. The minimum atomic E-state index is -0.326. The monoisotopic (exact) mass is 390 g/mol. The number of para-hydroxylation sites is 3. The molecule has 0 bridgehead atoms. The van der Waals surface area contributed by atoms with Crippen LogP contribution in [0.5, 0.6) is 5.75 Å². The lowest BCUT2D eigenvalue weighted by Gasteiger charge is -2.15. The third-order valence-electron chi connectivity index (χ3n) is 4.22. The van der Waals surface area contributed by atoms with E-state index in [9.17, 15) is 4.79 Å². The highest BCUT2D eigenvalue weighted by molar-refractivity contribution is 6.03. The molecule has 0 unspecified atom stereocenters. The summed E-state index contributed by atoms with van der Waals surface area (Å²) in [5.41, 5.74) is 2.95. The number of amides is 1. The van der Waals surface area contributed by atoms with E-state index in [0.29, 0.717) is 23.3 Å². The molecule has 0 aliphatic carbocycles. The Morgan fingerprint density at radius 2 is 1.62 bits per heavy atom. The molecular weight excluding hydrogens is 364 g/mol. The Bertz CT molecular complexity index is 986. The van der Waals surface area contributed by atoms with Gasteiger partial charge in [-0.3, -0.25) is 4.79 Å². The molecule has 1 amide bonds. The summed E-state index contributed by atoms with van der Waals surface area (Å²) in [5.74, 6) is 1.02. The van der Waals surface area contributed by atoms with Crippen molar-refractivity contribution in [1.29, 1.82) is 0 Å². The summed E-state index contributed by atoms with van der Waals surface area (Å²) in [6.07, 6.45) is 1.57. The van der Waals surface area contributed by atoms with Crippen LogP contribution >= 0.6 is 0 Å². The number of nitrogens with zero attached hydrogens (tertiary/aromatic N) is 2. The third-order valence-corrected chi connectivity index (χ3v) is 4.22. The average Bonchev–Trinajstić information content (AvgIpc) is 2.69. The number of benzene rings is 2. The molecule has 1 heterocycles. The highest BCUT2D eigenvalue weighted by atomic mass is 16.5. The van der Waals surface area contributed by atoms with Gasteiger partial charge in [-0.05, 0) is 49.6 Å². The number of rotatable bonds is 7. The molecule has 3 aromatic rings. The van der Waals surface area contributed by atoms with E-state index in [-0.39, 0.29) is 17.7 Å². The van der Waals surface area contributed by atoms with Gasteiger partial charge in [-0.25, -0.2) is 9.97 Å². The highest BCUT2D eigenvalue weighted by Gasteiger charge is 2.14. The molecule has 0 aliphatic heterocycles. The maximum atomic E-state index is 12.7. The van der Waals surface area contributed by atoms with Crippen molar-refractivity contribution < 1.29 is 9.53 Å². The summed E-state index contributed by atoms with van der Waals surface area (Å²) >= 11 is 0. The predicted octanol–water partition coefficient (Wildman–Crippen LogP) is 5.38.